The van der Waals surface area contributed by atoms with Crippen LogP contribution in [0.2, 0.25) is 0 Å². The summed E-state index contributed by atoms with van der Waals surface area (Å²) in [6.45, 7) is 0.698. The third kappa shape index (κ3) is 2.99. The van der Waals surface area contributed by atoms with Gasteiger partial charge in [-0.1, -0.05) is 12.1 Å². The highest BCUT2D eigenvalue weighted by Gasteiger charge is 2.21. The van der Waals surface area contributed by atoms with Crippen LogP contribution in [0.3, 0.4) is 0 Å². The second-order valence-electron chi connectivity index (χ2n) is 4.82. The van der Waals surface area contributed by atoms with E-state index in [0.717, 1.165) is 17.9 Å². The topological polar surface area (TPSA) is 44.8 Å². The summed E-state index contributed by atoms with van der Waals surface area (Å²) in [5.41, 5.74) is 1.82. The number of hydrogen-bond donors (Lipinski definition) is 0. The standard InChI is InChI=1S/C17H16O4/c1-19-13-4-2-12(3-5-13)8-9-20-14-6-7-15-16(18)11-21-17(15)10-14/h2-7,10H,8-9,11H2,1H3. The normalized spacial score (nSPS) is 12.7. The lowest BCUT2D eigenvalue weighted by Crippen LogP contribution is -2.01. The maximum atomic E-state index is 11.5. The van der Waals surface area contributed by atoms with Crippen molar-refractivity contribution in [3.63, 3.8) is 0 Å². The zero-order chi connectivity index (χ0) is 14.7. The Kier molecular flexibility index (Phi) is 3.77. The molecular weight excluding hydrogens is 268 g/mol. The van der Waals surface area contributed by atoms with Crippen molar-refractivity contribution >= 4 is 5.78 Å². The molecule has 0 aliphatic carbocycles. The predicted octanol–water partition coefficient (Wildman–Crippen LogP) is 2.89. The Morgan fingerprint density at radius 1 is 1.10 bits per heavy atom. The number of hydrogen-bond acceptors (Lipinski definition) is 4. The molecule has 2 aromatic rings. The van der Waals surface area contributed by atoms with Crippen LogP contribution in [0.25, 0.3) is 0 Å². The van der Waals surface area contributed by atoms with E-state index in [2.05, 4.69) is 0 Å². The monoisotopic (exact) mass is 284 g/mol. The van der Waals surface area contributed by atoms with E-state index >= 15 is 0 Å². The van der Waals surface area contributed by atoms with Gasteiger partial charge in [0.1, 0.15) is 17.2 Å². The molecule has 0 amide bonds. The van der Waals surface area contributed by atoms with Crippen molar-refractivity contribution < 1.29 is 19.0 Å². The molecule has 108 valence electrons. The number of rotatable bonds is 5. The van der Waals surface area contributed by atoms with Crippen LogP contribution in [0.15, 0.2) is 42.5 Å². The van der Waals surface area contributed by atoms with E-state index in [0.29, 0.717) is 17.9 Å². The van der Waals surface area contributed by atoms with Crippen LogP contribution in [0.4, 0.5) is 0 Å². The molecule has 0 N–H and O–H groups in total. The number of Topliss-reactive ketones (excluding diaryl/α,β-unsaturated/α-hetero) is 1. The van der Waals surface area contributed by atoms with E-state index < -0.39 is 0 Å². The van der Waals surface area contributed by atoms with Crippen molar-refractivity contribution in [2.75, 3.05) is 20.3 Å². The lowest BCUT2D eigenvalue weighted by molar-refractivity contribution is 0.0961. The Hall–Kier alpha value is -2.49. The summed E-state index contributed by atoms with van der Waals surface area (Å²) >= 11 is 0. The van der Waals surface area contributed by atoms with Gasteiger partial charge in [-0.2, -0.15) is 0 Å². The molecule has 0 saturated carbocycles. The lowest BCUT2D eigenvalue weighted by Gasteiger charge is -2.08. The van der Waals surface area contributed by atoms with Crippen molar-refractivity contribution in [2.24, 2.45) is 0 Å². The highest BCUT2D eigenvalue weighted by atomic mass is 16.5. The highest BCUT2D eigenvalue weighted by molar-refractivity contribution is 6.02. The van der Waals surface area contributed by atoms with E-state index in [1.54, 1.807) is 25.3 Å². The smallest absolute Gasteiger partial charge is 0.203 e. The summed E-state index contributed by atoms with van der Waals surface area (Å²) < 4.78 is 16.1. The fourth-order valence-corrected chi connectivity index (χ4v) is 2.24. The molecule has 1 aliphatic rings. The quantitative estimate of drug-likeness (QED) is 0.847. The molecular formula is C17H16O4. The summed E-state index contributed by atoms with van der Waals surface area (Å²) in [6, 6.07) is 13.2. The Morgan fingerprint density at radius 2 is 1.86 bits per heavy atom. The molecule has 0 atom stereocenters. The molecule has 0 unspecified atom stereocenters. The minimum absolute atomic E-state index is 0.0229. The van der Waals surface area contributed by atoms with Gasteiger partial charge in [-0.25, -0.2) is 0 Å². The first-order chi connectivity index (χ1) is 10.3. The minimum Gasteiger partial charge on any atom is -0.497 e. The van der Waals surface area contributed by atoms with Gasteiger partial charge < -0.3 is 14.2 Å². The average molecular weight is 284 g/mol. The summed E-state index contributed by atoms with van der Waals surface area (Å²) in [5, 5.41) is 0. The summed E-state index contributed by atoms with van der Waals surface area (Å²) in [7, 11) is 1.65. The molecule has 1 heterocycles. The van der Waals surface area contributed by atoms with E-state index in [4.69, 9.17) is 14.2 Å². The SMILES string of the molecule is COc1ccc(CCOc2ccc3c(c2)OCC3=O)cc1. The van der Waals surface area contributed by atoms with Gasteiger partial charge in [0.25, 0.3) is 0 Å². The number of fused-ring (bicyclic) bond motifs is 1. The molecule has 0 radical (unpaired) electrons. The van der Waals surface area contributed by atoms with Gasteiger partial charge in [-0.15, -0.1) is 0 Å². The van der Waals surface area contributed by atoms with Crippen molar-refractivity contribution in [3.05, 3.63) is 53.6 Å². The Morgan fingerprint density at radius 3 is 2.62 bits per heavy atom. The largest absolute Gasteiger partial charge is 0.497 e. The van der Waals surface area contributed by atoms with Gasteiger partial charge in [-0.3, -0.25) is 4.79 Å². The fraction of sp³-hybridized carbons (Fsp3) is 0.235. The van der Waals surface area contributed by atoms with E-state index in [9.17, 15) is 4.79 Å². The summed E-state index contributed by atoms with van der Waals surface area (Å²) in [4.78, 5) is 11.5. The minimum atomic E-state index is 0.0229. The molecule has 2 aromatic carbocycles. The number of ether oxygens (including phenoxy) is 3. The molecule has 0 bridgehead atoms. The van der Waals surface area contributed by atoms with Gasteiger partial charge in [0.15, 0.2) is 6.61 Å². The molecule has 21 heavy (non-hydrogen) atoms. The second kappa shape index (κ2) is 5.87. The van der Waals surface area contributed by atoms with Gasteiger partial charge in [0.05, 0.1) is 19.3 Å². The third-order valence-electron chi connectivity index (χ3n) is 3.43. The zero-order valence-electron chi connectivity index (χ0n) is 11.8. The van der Waals surface area contributed by atoms with Crippen LogP contribution in [0.1, 0.15) is 15.9 Å². The number of methoxy groups -OCH3 is 1. The average Bonchev–Trinajstić information content (AvgIpc) is 2.89. The molecule has 0 spiro atoms. The molecule has 3 rings (SSSR count). The van der Waals surface area contributed by atoms with Crippen LogP contribution < -0.4 is 14.2 Å². The van der Waals surface area contributed by atoms with Crippen molar-refractivity contribution in [3.8, 4) is 17.2 Å². The van der Waals surface area contributed by atoms with E-state index in [-0.39, 0.29) is 12.4 Å². The molecule has 0 fully saturated rings. The molecule has 0 saturated heterocycles. The van der Waals surface area contributed by atoms with Crippen LogP contribution in [-0.4, -0.2) is 26.1 Å². The lowest BCUT2D eigenvalue weighted by atomic mass is 10.1. The van der Waals surface area contributed by atoms with Crippen LogP contribution in [-0.2, 0) is 6.42 Å². The van der Waals surface area contributed by atoms with Gasteiger partial charge in [0, 0.05) is 12.5 Å². The fourth-order valence-electron chi connectivity index (χ4n) is 2.24. The Labute approximate surface area is 123 Å². The van der Waals surface area contributed by atoms with Crippen LogP contribution in [0.5, 0.6) is 17.2 Å². The third-order valence-corrected chi connectivity index (χ3v) is 3.43. The van der Waals surface area contributed by atoms with Gasteiger partial charge >= 0.3 is 0 Å². The number of carbonyl (C=O) groups is 1. The van der Waals surface area contributed by atoms with Crippen molar-refractivity contribution in [1.29, 1.82) is 0 Å². The van der Waals surface area contributed by atoms with Crippen molar-refractivity contribution in [1.82, 2.24) is 0 Å². The number of benzene rings is 2. The Bertz CT molecular complexity index is 646. The molecule has 4 heteroatoms. The molecule has 1 aliphatic heterocycles. The summed E-state index contributed by atoms with van der Waals surface area (Å²) in [5.74, 6) is 2.20. The Balaban J connectivity index is 1.57. The maximum Gasteiger partial charge on any atom is 0.203 e. The van der Waals surface area contributed by atoms with Gasteiger partial charge in [0.2, 0.25) is 5.78 Å². The predicted molar refractivity (Wildman–Crippen MR) is 78.5 cm³/mol. The zero-order valence-corrected chi connectivity index (χ0v) is 11.8. The molecule has 0 aromatic heterocycles. The second-order valence-corrected chi connectivity index (χ2v) is 4.82. The van der Waals surface area contributed by atoms with Crippen LogP contribution in [0, 0.1) is 0 Å². The molecule has 4 nitrogen and oxygen atoms in total. The van der Waals surface area contributed by atoms with Crippen molar-refractivity contribution in [2.45, 2.75) is 6.42 Å². The first kappa shape index (κ1) is 13.5. The highest BCUT2D eigenvalue weighted by Crippen LogP contribution is 2.29. The van der Waals surface area contributed by atoms with Crippen LogP contribution >= 0.6 is 0 Å². The first-order valence-electron chi connectivity index (χ1n) is 6.82. The number of ketones is 1. The number of carbonyl (C=O) groups excluding carboxylic acids is 1. The van der Waals surface area contributed by atoms with Gasteiger partial charge in [-0.05, 0) is 29.8 Å². The maximum absolute atomic E-state index is 11.5. The van der Waals surface area contributed by atoms with E-state index in [1.807, 2.05) is 24.3 Å². The summed E-state index contributed by atoms with van der Waals surface area (Å²) in [6.07, 6.45) is 0.806. The van der Waals surface area contributed by atoms with E-state index in [1.165, 1.54) is 5.56 Å². The first-order valence-corrected chi connectivity index (χ1v) is 6.82.